The molecule has 2 amide bonds. The Bertz CT molecular complexity index is 865. The van der Waals surface area contributed by atoms with E-state index in [0.717, 1.165) is 24.2 Å². The van der Waals surface area contributed by atoms with Gasteiger partial charge in [0.1, 0.15) is 11.6 Å². The van der Waals surface area contributed by atoms with Crippen LogP contribution in [-0.4, -0.2) is 30.7 Å². The van der Waals surface area contributed by atoms with Crippen LogP contribution in [0.25, 0.3) is 0 Å². The van der Waals surface area contributed by atoms with E-state index < -0.39 is 11.7 Å². The van der Waals surface area contributed by atoms with Crippen LogP contribution >= 0.6 is 0 Å². The van der Waals surface area contributed by atoms with Crippen LogP contribution < -0.4 is 15.1 Å². The van der Waals surface area contributed by atoms with Crippen molar-refractivity contribution in [2.24, 2.45) is 5.10 Å². The van der Waals surface area contributed by atoms with E-state index in [9.17, 15) is 14.0 Å². The second-order valence-electron chi connectivity index (χ2n) is 6.17. The molecular weight excluding hydrogens is 349 g/mol. The second kappa shape index (κ2) is 8.44. The lowest BCUT2D eigenvalue weighted by Gasteiger charge is -2.15. The van der Waals surface area contributed by atoms with Crippen LogP contribution in [0.5, 0.6) is 5.75 Å². The molecule has 0 unspecified atom stereocenters. The quantitative estimate of drug-likeness (QED) is 0.629. The minimum atomic E-state index is -0.446. The molecule has 7 heteroatoms. The molecule has 1 heterocycles. The molecule has 1 N–H and O–H groups in total. The summed E-state index contributed by atoms with van der Waals surface area (Å²) in [5.41, 5.74) is 4.72. The first kappa shape index (κ1) is 18.6. The first-order chi connectivity index (χ1) is 13.0. The van der Waals surface area contributed by atoms with Crippen molar-refractivity contribution in [1.29, 1.82) is 0 Å². The molecule has 0 radical (unpaired) electrons. The number of anilines is 1. The summed E-state index contributed by atoms with van der Waals surface area (Å²) in [7, 11) is 0. The van der Waals surface area contributed by atoms with E-state index in [0.29, 0.717) is 12.1 Å². The third kappa shape index (κ3) is 4.91. The highest BCUT2D eigenvalue weighted by Crippen LogP contribution is 2.21. The van der Waals surface area contributed by atoms with Gasteiger partial charge in [-0.25, -0.2) is 9.82 Å². The lowest BCUT2D eigenvalue weighted by Crippen LogP contribution is -2.25. The van der Waals surface area contributed by atoms with E-state index in [1.165, 1.54) is 18.2 Å². The van der Waals surface area contributed by atoms with Crippen molar-refractivity contribution in [1.82, 2.24) is 5.43 Å². The van der Waals surface area contributed by atoms with Crippen molar-refractivity contribution in [2.45, 2.75) is 19.8 Å². The molecule has 1 aliphatic heterocycles. The zero-order valence-electron chi connectivity index (χ0n) is 14.9. The summed E-state index contributed by atoms with van der Waals surface area (Å²) in [6, 6.07) is 13.0. The highest BCUT2D eigenvalue weighted by Gasteiger charge is 2.21. The minimum Gasteiger partial charge on any atom is -0.484 e. The predicted octanol–water partition coefficient (Wildman–Crippen LogP) is 2.87. The maximum absolute atomic E-state index is 13.1. The summed E-state index contributed by atoms with van der Waals surface area (Å²) >= 11 is 0. The van der Waals surface area contributed by atoms with E-state index in [4.69, 9.17) is 4.74 Å². The van der Waals surface area contributed by atoms with Crippen LogP contribution in [0.15, 0.2) is 53.6 Å². The largest absolute Gasteiger partial charge is 0.484 e. The van der Waals surface area contributed by atoms with Crippen LogP contribution in [0.1, 0.15) is 25.3 Å². The first-order valence-corrected chi connectivity index (χ1v) is 8.65. The summed E-state index contributed by atoms with van der Waals surface area (Å²) in [4.78, 5) is 25.4. The highest BCUT2D eigenvalue weighted by atomic mass is 19.1. The zero-order chi connectivity index (χ0) is 19.2. The van der Waals surface area contributed by atoms with Gasteiger partial charge in [0.25, 0.3) is 5.91 Å². The molecule has 1 fully saturated rings. The number of nitrogens with zero attached hydrogens (tertiary/aromatic N) is 2. The van der Waals surface area contributed by atoms with Crippen LogP contribution in [-0.2, 0) is 9.59 Å². The van der Waals surface area contributed by atoms with E-state index in [-0.39, 0.29) is 18.3 Å². The number of hydrogen-bond acceptors (Lipinski definition) is 4. The third-order valence-electron chi connectivity index (χ3n) is 4.18. The predicted molar refractivity (Wildman–Crippen MR) is 100 cm³/mol. The standard InChI is InChI=1S/C20H20FN3O3/c1-14(15-7-9-17(10-8-15)24-11-3-6-20(24)26)22-23-19(25)13-27-18-5-2-4-16(21)12-18/h2,4-5,7-10,12H,3,6,11,13H2,1H3,(H,23,25)/b22-14-. The summed E-state index contributed by atoms with van der Waals surface area (Å²) < 4.78 is 18.3. The molecule has 0 saturated carbocycles. The Kier molecular flexibility index (Phi) is 5.80. The molecule has 2 aromatic rings. The number of ether oxygens (including phenoxy) is 1. The van der Waals surface area contributed by atoms with Gasteiger partial charge < -0.3 is 9.64 Å². The number of nitrogens with one attached hydrogen (secondary N) is 1. The van der Waals surface area contributed by atoms with Crippen molar-refractivity contribution in [3.05, 3.63) is 59.9 Å². The lowest BCUT2D eigenvalue weighted by atomic mass is 10.1. The van der Waals surface area contributed by atoms with Gasteiger partial charge in [0, 0.05) is 24.7 Å². The van der Waals surface area contributed by atoms with Crippen LogP contribution in [0.4, 0.5) is 10.1 Å². The maximum atomic E-state index is 13.1. The number of halogens is 1. The fourth-order valence-electron chi connectivity index (χ4n) is 2.75. The normalized spacial score (nSPS) is 14.4. The smallest absolute Gasteiger partial charge is 0.277 e. The van der Waals surface area contributed by atoms with Crippen LogP contribution in [0, 0.1) is 5.82 Å². The minimum absolute atomic E-state index is 0.138. The van der Waals surface area contributed by atoms with Crippen molar-refractivity contribution in [3.63, 3.8) is 0 Å². The van der Waals surface area contributed by atoms with E-state index in [1.807, 2.05) is 24.3 Å². The monoisotopic (exact) mass is 369 g/mol. The van der Waals surface area contributed by atoms with E-state index in [2.05, 4.69) is 10.5 Å². The number of carbonyl (C=O) groups excluding carboxylic acids is 2. The van der Waals surface area contributed by atoms with Gasteiger partial charge in [0.05, 0.1) is 5.71 Å². The summed E-state index contributed by atoms with van der Waals surface area (Å²) in [5, 5.41) is 4.05. The fraction of sp³-hybridized carbons (Fsp3) is 0.250. The molecular formula is C20H20FN3O3. The molecule has 140 valence electrons. The zero-order valence-corrected chi connectivity index (χ0v) is 14.9. The maximum Gasteiger partial charge on any atom is 0.277 e. The van der Waals surface area contributed by atoms with Gasteiger partial charge >= 0.3 is 0 Å². The van der Waals surface area contributed by atoms with E-state index in [1.54, 1.807) is 17.9 Å². The molecule has 27 heavy (non-hydrogen) atoms. The molecule has 1 saturated heterocycles. The Morgan fingerprint density at radius 1 is 1.26 bits per heavy atom. The van der Waals surface area contributed by atoms with Gasteiger partial charge in [-0.2, -0.15) is 5.10 Å². The van der Waals surface area contributed by atoms with Crippen molar-refractivity contribution in [2.75, 3.05) is 18.1 Å². The van der Waals surface area contributed by atoms with Crippen molar-refractivity contribution >= 4 is 23.2 Å². The number of carbonyl (C=O) groups is 2. The topological polar surface area (TPSA) is 71.0 Å². The van der Waals surface area contributed by atoms with Gasteiger partial charge in [0.15, 0.2) is 6.61 Å². The summed E-state index contributed by atoms with van der Waals surface area (Å²) in [6.45, 7) is 2.24. The Balaban J connectivity index is 1.53. The Hall–Kier alpha value is -3.22. The van der Waals surface area contributed by atoms with E-state index >= 15 is 0 Å². The van der Waals surface area contributed by atoms with Gasteiger partial charge in [-0.1, -0.05) is 18.2 Å². The molecule has 0 aromatic heterocycles. The molecule has 3 rings (SSSR count). The molecule has 0 spiro atoms. The number of hydrogen-bond donors (Lipinski definition) is 1. The Morgan fingerprint density at radius 2 is 2.04 bits per heavy atom. The summed E-state index contributed by atoms with van der Waals surface area (Å²) in [5.74, 6) is -0.463. The third-order valence-corrected chi connectivity index (χ3v) is 4.18. The SMILES string of the molecule is C/C(=N/NC(=O)COc1cccc(F)c1)c1ccc(N2CCCC2=O)cc1. The summed E-state index contributed by atoms with van der Waals surface area (Å²) in [6.07, 6.45) is 1.47. The first-order valence-electron chi connectivity index (χ1n) is 8.65. The number of hydrazone groups is 1. The van der Waals surface area contributed by atoms with Gasteiger partial charge in [-0.3, -0.25) is 9.59 Å². The molecule has 1 aliphatic rings. The molecule has 6 nitrogen and oxygen atoms in total. The van der Waals surface area contributed by atoms with Gasteiger partial charge in [-0.15, -0.1) is 0 Å². The Labute approximate surface area is 156 Å². The molecule has 2 aromatic carbocycles. The van der Waals surface area contributed by atoms with Crippen LogP contribution in [0.2, 0.25) is 0 Å². The van der Waals surface area contributed by atoms with Gasteiger partial charge in [0.2, 0.25) is 5.91 Å². The lowest BCUT2D eigenvalue weighted by molar-refractivity contribution is -0.123. The number of rotatable bonds is 6. The average Bonchev–Trinajstić information content (AvgIpc) is 3.10. The molecule has 0 atom stereocenters. The van der Waals surface area contributed by atoms with Crippen molar-refractivity contribution < 1.29 is 18.7 Å². The fourth-order valence-corrected chi connectivity index (χ4v) is 2.75. The highest BCUT2D eigenvalue weighted by molar-refractivity contribution is 6.00. The number of amides is 2. The molecule has 0 bridgehead atoms. The van der Waals surface area contributed by atoms with Crippen LogP contribution in [0.3, 0.4) is 0 Å². The van der Waals surface area contributed by atoms with Crippen molar-refractivity contribution in [3.8, 4) is 5.75 Å². The average molecular weight is 369 g/mol. The Morgan fingerprint density at radius 3 is 2.70 bits per heavy atom. The second-order valence-corrected chi connectivity index (χ2v) is 6.17. The molecule has 0 aliphatic carbocycles. The van der Waals surface area contributed by atoms with Gasteiger partial charge in [-0.05, 0) is 43.2 Å². The number of benzene rings is 2.